The zero-order valence-corrected chi connectivity index (χ0v) is 16.5. The molecule has 0 aromatic carbocycles. The monoisotopic (exact) mass is 411 g/mol. The average molecular weight is 412 g/mol. The molecule has 1 atom stereocenters. The first kappa shape index (κ1) is 20.0. The van der Waals surface area contributed by atoms with Gasteiger partial charge in [-0.1, -0.05) is 0 Å². The van der Waals surface area contributed by atoms with Gasteiger partial charge in [0.05, 0.1) is 0 Å². The molecule has 24 heavy (non-hydrogen) atoms. The van der Waals surface area contributed by atoms with E-state index in [2.05, 4.69) is 0 Å². The number of thioether (sulfide) groups is 1. The standard InChI is InChI=1S/C14H21N3O3S3.ClH/c15-11-2-1-4-16(10-11)14(18)13-12(3-7-22-13)23(19,20)17-5-8-21-9-6-17;/h3,7,11H,1-2,4-6,8-10,15H2;1H. The number of nitrogens with zero attached hydrogens (tertiary/aromatic N) is 2. The van der Waals surface area contributed by atoms with Crippen molar-refractivity contribution in [3.8, 4) is 0 Å². The molecule has 1 aromatic heterocycles. The number of hydrogen-bond donors (Lipinski definition) is 1. The van der Waals surface area contributed by atoms with Crippen molar-refractivity contribution in [2.24, 2.45) is 5.73 Å². The molecule has 6 nitrogen and oxygen atoms in total. The van der Waals surface area contributed by atoms with E-state index in [4.69, 9.17) is 5.73 Å². The van der Waals surface area contributed by atoms with Gasteiger partial charge in [0.15, 0.2) is 0 Å². The van der Waals surface area contributed by atoms with Gasteiger partial charge in [-0.25, -0.2) is 8.42 Å². The van der Waals surface area contributed by atoms with E-state index in [0.717, 1.165) is 24.3 Å². The molecule has 2 aliphatic rings. The van der Waals surface area contributed by atoms with Crippen LogP contribution < -0.4 is 5.73 Å². The molecule has 1 aromatic rings. The summed E-state index contributed by atoms with van der Waals surface area (Å²) in [5.74, 6) is 1.39. The maximum Gasteiger partial charge on any atom is 0.265 e. The van der Waals surface area contributed by atoms with Crippen LogP contribution in [0.4, 0.5) is 0 Å². The number of thiophene rings is 1. The number of sulfonamides is 1. The number of hydrogen-bond acceptors (Lipinski definition) is 6. The predicted octanol–water partition coefficient (Wildman–Crippen LogP) is 1.47. The molecule has 1 amide bonds. The minimum atomic E-state index is -3.59. The molecule has 10 heteroatoms. The number of rotatable bonds is 3. The molecule has 0 saturated carbocycles. The summed E-state index contributed by atoms with van der Waals surface area (Å²) in [6.45, 7) is 2.15. The zero-order valence-electron chi connectivity index (χ0n) is 13.2. The lowest BCUT2D eigenvalue weighted by molar-refractivity contribution is 0.0710. The van der Waals surface area contributed by atoms with Gasteiger partial charge in [-0.2, -0.15) is 16.1 Å². The van der Waals surface area contributed by atoms with Crippen LogP contribution in [-0.4, -0.2) is 67.3 Å². The summed E-state index contributed by atoms with van der Waals surface area (Å²) in [7, 11) is -3.59. The van der Waals surface area contributed by atoms with Gasteiger partial charge in [-0.05, 0) is 24.3 Å². The molecule has 0 aliphatic carbocycles. The van der Waals surface area contributed by atoms with Gasteiger partial charge in [0.2, 0.25) is 10.0 Å². The van der Waals surface area contributed by atoms with E-state index in [1.54, 1.807) is 28.1 Å². The molecule has 136 valence electrons. The van der Waals surface area contributed by atoms with Crippen LogP contribution >= 0.6 is 35.5 Å². The highest BCUT2D eigenvalue weighted by molar-refractivity contribution is 7.99. The zero-order chi connectivity index (χ0) is 16.4. The van der Waals surface area contributed by atoms with Gasteiger partial charge in [0, 0.05) is 43.7 Å². The van der Waals surface area contributed by atoms with Crippen LogP contribution in [0.3, 0.4) is 0 Å². The summed E-state index contributed by atoms with van der Waals surface area (Å²) in [5, 5.41) is 1.68. The lowest BCUT2D eigenvalue weighted by atomic mass is 10.1. The summed E-state index contributed by atoms with van der Waals surface area (Å²) in [5.41, 5.74) is 5.94. The van der Waals surface area contributed by atoms with Gasteiger partial charge in [-0.3, -0.25) is 4.79 Å². The molecule has 0 spiro atoms. The Morgan fingerprint density at radius 1 is 1.25 bits per heavy atom. The third-order valence-electron chi connectivity index (χ3n) is 4.16. The van der Waals surface area contributed by atoms with Crippen molar-refractivity contribution in [3.63, 3.8) is 0 Å². The second-order valence-corrected chi connectivity index (χ2v) is 9.83. The molecule has 2 saturated heterocycles. The smallest absolute Gasteiger partial charge is 0.265 e. The fourth-order valence-electron chi connectivity index (χ4n) is 2.92. The Morgan fingerprint density at radius 2 is 1.96 bits per heavy atom. The molecular formula is C14H22ClN3O3S3. The fraction of sp³-hybridized carbons (Fsp3) is 0.643. The first-order valence-electron chi connectivity index (χ1n) is 7.70. The van der Waals surface area contributed by atoms with E-state index in [-0.39, 0.29) is 29.3 Å². The Kier molecular flexibility index (Phi) is 6.98. The molecule has 2 N–H and O–H groups in total. The first-order valence-corrected chi connectivity index (χ1v) is 11.2. The minimum absolute atomic E-state index is 0. The lowest BCUT2D eigenvalue weighted by Crippen LogP contribution is -2.46. The number of piperidine rings is 1. The van der Waals surface area contributed by atoms with E-state index in [1.165, 1.54) is 15.6 Å². The van der Waals surface area contributed by atoms with Gasteiger partial charge in [0.25, 0.3) is 5.91 Å². The Hall–Kier alpha value is -0.320. The van der Waals surface area contributed by atoms with Crippen molar-refractivity contribution >= 4 is 51.4 Å². The Bertz CT molecular complexity index is 674. The van der Waals surface area contributed by atoms with Gasteiger partial charge < -0.3 is 10.6 Å². The van der Waals surface area contributed by atoms with E-state index in [0.29, 0.717) is 31.1 Å². The maximum absolute atomic E-state index is 12.8. The number of carbonyl (C=O) groups excluding carboxylic acids is 1. The molecule has 3 rings (SSSR count). The SMILES string of the molecule is Cl.NC1CCCN(C(=O)c2sccc2S(=O)(=O)N2CCSCC2)C1. The molecule has 0 bridgehead atoms. The third kappa shape index (κ3) is 4.08. The van der Waals surface area contributed by atoms with E-state index < -0.39 is 10.0 Å². The van der Waals surface area contributed by atoms with Crippen LogP contribution in [0, 0.1) is 0 Å². The summed E-state index contributed by atoms with van der Waals surface area (Å²) in [6, 6.07) is 1.53. The number of nitrogens with two attached hydrogens (primary N) is 1. The van der Waals surface area contributed by atoms with Crippen LogP contribution in [0.15, 0.2) is 16.3 Å². The average Bonchev–Trinajstić information content (AvgIpc) is 3.05. The normalized spacial score (nSPS) is 22.9. The van der Waals surface area contributed by atoms with Gasteiger partial charge in [0.1, 0.15) is 9.77 Å². The maximum atomic E-state index is 12.8. The summed E-state index contributed by atoms with van der Waals surface area (Å²) in [6.07, 6.45) is 1.77. The highest BCUT2D eigenvalue weighted by atomic mass is 35.5. The van der Waals surface area contributed by atoms with Crippen LogP contribution in [0.25, 0.3) is 0 Å². The first-order chi connectivity index (χ1) is 11.0. The molecule has 0 radical (unpaired) electrons. The molecule has 2 fully saturated rings. The van der Waals surface area contributed by atoms with Crippen molar-refractivity contribution in [1.82, 2.24) is 9.21 Å². The number of likely N-dealkylation sites (tertiary alicyclic amines) is 1. The summed E-state index contributed by atoms with van der Waals surface area (Å²) >= 11 is 2.95. The van der Waals surface area contributed by atoms with Crippen molar-refractivity contribution in [3.05, 3.63) is 16.3 Å². The molecule has 3 heterocycles. The topological polar surface area (TPSA) is 83.7 Å². The van der Waals surface area contributed by atoms with Crippen LogP contribution in [0.1, 0.15) is 22.5 Å². The van der Waals surface area contributed by atoms with E-state index in [9.17, 15) is 13.2 Å². The van der Waals surface area contributed by atoms with Crippen LogP contribution in [-0.2, 0) is 10.0 Å². The minimum Gasteiger partial charge on any atom is -0.336 e. The Balaban J connectivity index is 0.00000208. The fourth-order valence-corrected chi connectivity index (χ4v) is 6.86. The molecular weight excluding hydrogens is 390 g/mol. The van der Waals surface area contributed by atoms with Gasteiger partial charge >= 0.3 is 0 Å². The Morgan fingerprint density at radius 3 is 2.62 bits per heavy atom. The highest BCUT2D eigenvalue weighted by Crippen LogP contribution is 2.28. The van der Waals surface area contributed by atoms with Crippen LogP contribution in [0.2, 0.25) is 0 Å². The largest absolute Gasteiger partial charge is 0.336 e. The lowest BCUT2D eigenvalue weighted by Gasteiger charge is -2.31. The van der Waals surface area contributed by atoms with E-state index in [1.807, 2.05) is 0 Å². The quantitative estimate of drug-likeness (QED) is 0.814. The number of amides is 1. The van der Waals surface area contributed by atoms with Crippen molar-refractivity contribution in [1.29, 1.82) is 0 Å². The van der Waals surface area contributed by atoms with Crippen molar-refractivity contribution in [2.75, 3.05) is 37.7 Å². The third-order valence-corrected chi connectivity index (χ3v) is 8.07. The van der Waals surface area contributed by atoms with Crippen molar-refractivity contribution < 1.29 is 13.2 Å². The number of halogens is 1. The molecule has 1 unspecified atom stereocenters. The second-order valence-electron chi connectivity index (χ2n) is 5.78. The second kappa shape index (κ2) is 8.37. The number of carbonyl (C=O) groups is 1. The predicted molar refractivity (Wildman–Crippen MR) is 101 cm³/mol. The van der Waals surface area contributed by atoms with Gasteiger partial charge in [-0.15, -0.1) is 23.7 Å². The summed E-state index contributed by atoms with van der Waals surface area (Å²) < 4.78 is 27.2. The van der Waals surface area contributed by atoms with Crippen molar-refractivity contribution in [2.45, 2.75) is 23.8 Å². The van der Waals surface area contributed by atoms with E-state index >= 15 is 0 Å². The highest BCUT2D eigenvalue weighted by Gasteiger charge is 2.33. The Labute approximate surface area is 157 Å². The molecule has 2 aliphatic heterocycles. The van der Waals surface area contributed by atoms with Crippen LogP contribution in [0.5, 0.6) is 0 Å². The summed E-state index contributed by atoms with van der Waals surface area (Å²) in [4.78, 5) is 14.9.